The fourth-order valence-electron chi connectivity index (χ4n) is 2.25. The van der Waals surface area contributed by atoms with Crippen molar-refractivity contribution in [3.05, 3.63) is 24.0 Å². The second-order valence-electron chi connectivity index (χ2n) is 4.58. The SMILES string of the molecule is Cc1cc(NC2CCCNC2=O)n2ncnc2c1. The lowest BCUT2D eigenvalue weighted by Crippen LogP contribution is -2.44. The summed E-state index contributed by atoms with van der Waals surface area (Å²) in [6.45, 7) is 2.77. The van der Waals surface area contributed by atoms with E-state index in [2.05, 4.69) is 20.7 Å². The van der Waals surface area contributed by atoms with Crippen LogP contribution in [0.25, 0.3) is 5.65 Å². The van der Waals surface area contributed by atoms with Crippen molar-refractivity contribution < 1.29 is 4.79 Å². The lowest BCUT2D eigenvalue weighted by molar-refractivity contribution is -0.123. The maximum atomic E-state index is 11.7. The fourth-order valence-corrected chi connectivity index (χ4v) is 2.25. The number of rotatable bonds is 2. The normalized spacial score (nSPS) is 19.8. The minimum atomic E-state index is -0.187. The number of carbonyl (C=O) groups is 1. The van der Waals surface area contributed by atoms with Gasteiger partial charge in [-0.15, -0.1) is 0 Å². The van der Waals surface area contributed by atoms with Crippen LogP contribution in [0.15, 0.2) is 18.5 Å². The van der Waals surface area contributed by atoms with Gasteiger partial charge >= 0.3 is 0 Å². The second kappa shape index (κ2) is 4.29. The van der Waals surface area contributed by atoms with Crippen molar-refractivity contribution in [2.75, 3.05) is 11.9 Å². The van der Waals surface area contributed by atoms with Gasteiger partial charge in [-0.3, -0.25) is 4.79 Å². The van der Waals surface area contributed by atoms with Crippen molar-refractivity contribution in [3.8, 4) is 0 Å². The molecule has 6 nitrogen and oxygen atoms in total. The highest BCUT2D eigenvalue weighted by Crippen LogP contribution is 2.16. The number of fused-ring (bicyclic) bond motifs is 1. The van der Waals surface area contributed by atoms with Gasteiger partial charge in [-0.1, -0.05) is 0 Å². The van der Waals surface area contributed by atoms with Crippen LogP contribution in [-0.2, 0) is 4.79 Å². The number of nitrogens with zero attached hydrogens (tertiary/aromatic N) is 3. The molecule has 1 saturated heterocycles. The molecule has 1 unspecified atom stereocenters. The highest BCUT2D eigenvalue weighted by molar-refractivity contribution is 5.85. The van der Waals surface area contributed by atoms with Crippen molar-refractivity contribution in [1.29, 1.82) is 0 Å². The van der Waals surface area contributed by atoms with E-state index in [0.717, 1.165) is 36.4 Å². The number of aryl methyl sites for hydroxylation is 1. The number of pyridine rings is 1. The lowest BCUT2D eigenvalue weighted by atomic mass is 10.1. The molecule has 2 N–H and O–H groups in total. The molecule has 18 heavy (non-hydrogen) atoms. The summed E-state index contributed by atoms with van der Waals surface area (Å²) in [5, 5.41) is 10.3. The van der Waals surface area contributed by atoms with Gasteiger partial charge in [-0.05, 0) is 37.5 Å². The van der Waals surface area contributed by atoms with Crippen LogP contribution in [0.5, 0.6) is 0 Å². The zero-order valence-electron chi connectivity index (χ0n) is 10.2. The summed E-state index contributed by atoms with van der Waals surface area (Å²) < 4.78 is 1.72. The van der Waals surface area contributed by atoms with Crippen molar-refractivity contribution in [2.24, 2.45) is 0 Å². The first-order chi connectivity index (χ1) is 8.74. The highest BCUT2D eigenvalue weighted by atomic mass is 16.2. The third-order valence-electron chi connectivity index (χ3n) is 3.13. The Kier molecular flexibility index (Phi) is 2.62. The standard InChI is InChI=1S/C12H15N5O/c1-8-5-10-14-7-15-17(10)11(6-8)16-9-3-2-4-13-12(9)18/h5-7,9,16H,2-4H2,1H3,(H,13,18). The Balaban J connectivity index is 1.93. The van der Waals surface area contributed by atoms with Crippen molar-refractivity contribution in [2.45, 2.75) is 25.8 Å². The molecule has 0 saturated carbocycles. The second-order valence-corrected chi connectivity index (χ2v) is 4.58. The molecule has 0 radical (unpaired) electrons. The van der Waals surface area contributed by atoms with Crippen LogP contribution >= 0.6 is 0 Å². The van der Waals surface area contributed by atoms with E-state index in [1.54, 1.807) is 4.52 Å². The number of aromatic nitrogens is 3. The number of anilines is 1. The van der Waals surface area contributed by atoms with Crippen LogP contribution in [0.1, 0.15) is 18.4 Å². The number of hydrogen-bond acceptors (Lipinski definition) is 4. The van der Waals surface area contributed by atoms with Gasteiger partial charge in [0.25, 0.3) is 0 Å². The largest absolute Gasteiger partial charge is 0.358 e. The first kappa shape index (κ1) is 11.0. The van der Waals surface area contributed by atoms with Crippen molar-refractivity contribution in [1.82, 2.24) is 19.9 Å². The molecule has 6 heteroatoms. The predicted molar refractivity (Wildman–Crippen MR) is 67.4 cm³/mol. The van der Waals surface area contributed by atoms with Crippen molar-refractivity contribution >= 4 is 17.4 Å². The van der Waals surface area contributed by atoms with Crippen LogP contribution in [0.2, 0.25) is 0 Å². The van der Waals surface area contributed by atoms with Crippen molar-refractivity contribution in [3.63, 3.8) is 0 Å². The molecule has 2 aromatic rings. The molecular formula is C12H15N5O. The van der Waals surface area contributed by atoms with Crippen LogP contribution in [-0.4, -0.2) is 33.1 Å². The van der Waals surface area contributed by atoms with E-state index in [9.17, 15) is 4.79 Å². The molecule has 3 rings (SSSR count). The van der Waals surface area contributed by atoms with Gasteiger partial charge in [-0.25, -0.2) is 4.98 Å². The average molecular weight is 245 g/mol. The maximum absolute atomic E-state index is 11.7. The molecule has 0 aliphatic carbocycles. The molecule has 1 aliphatic heterocycles. The van der Waals surface area contributed by atoms with Gasteiger partial charge in [0, 0.05) is 6.54 Å². The summed E-state index contributed by atoms with van der Waals surface area (Å²) >= 11 is 0. The Morgan fingerprint density at radius 2 is 2.39 bits per heavy atom. The number of hydrogen-bond donors (Lipinski definition) is 2. The maximum Gasteiger partial charge on any atom is 0.242 e. The molecule has 3 heterocycles. The Morgan fingerprint density at radius 3 is 3.22 bits per heavy atom. The zero-order valence-corrected chi connectivity index (χ0v) is 10.2. The molecule has 0 spiro atoms. The van der Waals surface area contributed by atoms with E-state index in [1.807, 2.05) is 19.1 Å². The minimum Gasteiger partial charge on any atom is -0.358 e. The average Bonchev–Trinajstić information content (AvgIpc) is 2.80. The summed E-state index contributed by atoms with van der Waals surface area (Å²) in [4.78, 5) is 15.9. The number of nitrogens with one attached hydrogen (secondary N) is 2. The summed E-state index contributed by atoms with van der Waals surface area (Å²) in [7, 11) is 0. The topological polar surface area (TPSA) is 71.3 Å². The lowest BCUT2D eigenvalue weighted by Gasteiger charge is -2.23. The predicted octanol–water partition coefficient (Wildman–Crippen LogP) is 0.728. The van der Waals surface area contributed by atoms with Gasteiger partial charge < -0.3 is 10.6 Å². The number of amides is 1. The third kappa shape index (κ3) is 1.90. The number of carbonyl (C=O) groups excluding carboxylic acids is 1. The van der Waals surface area contributed by atoms with E-state index in [-0.39, 0.29) is 11.9 Å². The Labute approximate surface area is 104 Å². The molecule has 2 aromatic heterocycles. The Morgan fingerprint density at radius 1 is 1.50 bits per heavy atom. The molecule has 0 bridgehead atoms. The summed E-state index contributed by atoms with van der Waals surface area (Å²) in [5.41, 5.74) is 1.88. The van der Waals surface area contributed by atoms with E-state index in [0.29, 0.717) is 0 Å². The van der Waals surface area contributed by atoms with Crippen LogP contribution < -0.4 is 10.6 Å². The summed E-state index contributed by atoms with van der Waals surface area (Å²) in [6.07, 6.45) is 3.35. The first-order valence-corrected chi connectivity index (χ1v) is 6.09. The molecule has 0 aromatic carbocycles. The third-order valence-corrected chi connectivity index (χ3v) is 3.13. The van der Waals surface area contributed by atoms with Crippen LogP contribution in [0, 0.1) is 6.92 Å². The molecular weight excluding hydrogens is 230 g/mol. The number of piperidine rings is 1. The van der Waals surface area contributed by atoms with E-state index in [4.69, 9.17) is 0 Å². The van der Waals surface area contributed by atoms with Gasteiger partial charge in [0.05, 0.1) is 0 Å². The summed E-state index contributed by atoms with van der Waals surface area (Å²) in [6, 6.07) is 3.75. The zero-order chi connectivity index (χ0) is 12.5. The molecule has 1 fully saturated rings. The van der Waals surface area contributed by atoms with E-state index < -0.39 is 0 Å². The smallest absolute Gasteiger partial charge is 0.242 e. The highest BCUT2D eigenvalue weighted by Gasteiger charge is 2.22. The first-order valence-electron chi connectivity index (χ1n) is 6.09. The Bertz CT molecular complexity index is 591. The molecule has 1 atom stereocenters. The minimum absolute atomic E-state index is 0.0519. The molecule has 1 amide bonds. The van der Waals surface area contributed by atoms with Gasteiger partial charge in [0.2, 0.25) is 5.91 Å². The van der Waals surface area contributed by atoms with Crippen LogP contribution in [0.4, 0.5) is 5.82 Å². The molecule has 94 valence electrons. The van der Waals surface area contributed by atoms with Crippen LogP contribution in [0.3, 0.4) is 0 Å². The molecule has 1 aliphatic rings. The van der Waals surface area contributed by atoms with Gasteiger partial charge in [0.1, 0.15) is 18.2 Å². The quantitative estimate of drug-likeness (QED) is 0.818. The summed E-state index contributed by atoms with van der Waals surface area (Å²) in [5.74, 6) is 0.862. The van der Waals surface area contributed by atoms with E-state index >= 15 is 0 Å². The Hall–Kier alpha value is -2.11. The van der Waals surface area contributed by atoms with Gasteiger partial charge in [0.15, 0.2) is 5.65 Å². The monoisotopic (exact) mass is 245 g/mol. The fraction of sp³-hybridized carbons (Fsp3) is 0.417. The van der Waals surface area contributed by atoms with Gasteiger partial charge in [-0.2, -0.15) is 9.61 Å². The van der Waals surface area contributed by atoms with E-state index in [1.165, 1.54) is 6.33 Å².